The standard InChI is InChI=1S/C13H14BrN3O2/c1-2-3-4-11(18)15-13-17-16-12(19-13)9-5-7-10(14)8-6-9/h5-8H,2-4H2,1H3,(H,15,17,18). The van der Waals surface area contributed by atoms with Crippen molar-refractivity contribution in [3.8, 4) is 11.5 Å². The first-order valence-corrected chi connectivity index (χ1v) is 6.87. The average molecular weight is 324 g/mol. The van der Waals surface area contributed by atoms with Gasteiger partial charge in [-0.2, -0.15) is 0 Å². The number of hydrogen-bond acceptors (Lipinski definition) is 4. The summed E-state index contributed by atoms with van der Waals surface area (Å²) >= 11 is 3.36. The molecule has 1 aromatic heterocycles. The lowest BCUT2D eigenvalue weighted by Gasteiger charge is -1.98. The molecule has 1 aromatic carbocycles. The molecule has 0 atom stereocenters. The van der Waals surface area contributed by atoms with Crippen molar-refractivity contribution in [2.24, 2.45) is 0 Å². The number of aromatic nitrogens is 2. The Labute approximate surface area is 119 Å². The van der Waals surface area contributed by atoms with Crippen LogP contribution in [-0.2, 0) is 4.79 Å². The van der Waals surface area contributed by atoms with E-state index in [4.69, 9.17) is 4.42 Å². The summed E-state index contributed by atoms with van der Waals surface area (Å²) in [4.78, 5) is 11.5. The van der Waals surface area contributed by atoms with Gasteiger partial charge < -0.3 is 4.42 Å². The van der Waals surface area contributed by atoms with Gasteiger partial charge in [0.05, 0.1) is 0 Å². The highest BCUT2D eigenvalue weighted by Crippen LogP contribution is 2.21. The van der Waals surface area contributed by atoms with E-state index in [2.05, 4.69) is 31.4 Å². The fraction of sp³-hybridized carbons (Fsp3) is 0.308. The van der Waals surface area contributed by atoms with Gasteiger partial charge in [0.25, 0.3) is 0 Å². The van der Waals surface area contributed by atoms with Crippen LogP contribution in [0.1, 0.15) is 26.2 Å². The molecular formula is C13H14BrN3O2. The third-order valence-electron chi connectivity index (χ3n) is 2.52. The molecule has 0 bridgehead atoms. The molecule has 0 fully saturated rings. The van der Waals surface area contributed by atoms with E-state index in [9.17, 15) is 4.79 Å². The van der Waals surface area contributed by atoms with Crippen LogP contribution in [0.25, 0.3) is 11.5 Å². The van der Waals surface area contributed by atoms with Crippen LogP contribution >= 0.6 is 15.9 Å². The van der Waals surface area contributed by atoms with Crippen LogP contribution in [0.2, 0.25) is 0 Å². The average Bonchev–Trinajstić information content (AvgIpc) is 2.85. The summed E-state index contributed by atoms with van der Waals surface area (Å²) < 4.78 is 6.37. The smallest absolute Gasteiger partial charge is 0.322 e. The van der Waals surface area contributed by atoms with Crippen molar-refractivity contribution in [2.45, 2.75) is 26.2 Å². The van der Waals surface area contributed by atoms with Crippen LogP contribution in [0, 0.1) is 0 Å². The molecule has 0 saturated heterocycles. The Morgan fingerprint density at radius 1 is 1.32 bits per heavy atom. The van der Waals surface area contributed by atoms with Gasteiger partial charge in [-0.05, 0) is 30.7 Å². The van der Waals surface area contributed by atoms with Gasteiger partial charge in [-0.15, -0.1) is 5.10 Å². The van der Waals surface area contributed by atoms with E-state index in [1.807, 2.05) is 31.2 Å². The number of carbonyl (C=O) groups is 1. The van der Waals surface area contributed by atoms with Crippen molar-refractivity contribution in [3.05, 3.63) is 28.7 Å². The number of hydrogen-bond donors (Lipinski definition) is 1. The minimum atomic E-state index is -0.104. The first kappa shape index (κ1) is 13.7. The second-order valence-corrected chi connectivity index (χ2v) is 4.99. The Hall–Kier alpha value is -1.69. The van der Waals surface area contributed by atoms with Gasteiger partial charge >= 0.3 is 6.01 Å². The number of anilines is 1. The molecule has 1 N–H and O–H groups in total. The Morgan fingerprint density at radius 2 is 2.05 bits per heavy atom. The van der Waals surface area contributed by atoms with Crippen molar-refractivity contribution >= 4 is 27.9 Å². The van der Waals surface area contributed by atoms with Crippen LogP contribution in [0.4, 0.5) is 6.01 Å². The molecule has 1 heterocycles. The topological polar surface area (TPSA) is 68.0 Å². The lowest BCUT2D eigenvalue weighted by Crippen LogP contribution is -2.11. The molecule has 0 radical (unpaired) electrons. The first-order valence-electron chi connectivity index (χ1n) is 6.08. The van der Waals surface area contributed by atoms with Gasteiger partial charge in [-0.1, -0.05) is 34.4 Å². The van der Waals surface area contributed by atoms with Crippen molar-refractivity contribution < 1.29 is 9.21 Å². The molecule has 1 amide bonds. The van der Waals surface area contributed by atoms with Gasteiger partial charge in [0.1, 0.15) is 0 Å². The highest BCUT2D eigenvalue weighted by molar-refractivity contribution is 9.10. The predicted octanol–water partition coefficient (Wildman–Crippen LogP) is 3.63. The summed E-state index contributed by atoms with van der Waals surface area (Å²) in [7, 11) is 0. The van der Waals surface area contributed by atoms with Crippen LogP contribution < -0.4 is 5.32 Å². The maximum Gasteiger partial charge on any atom is 0.322 e. The Balaban J connectivity index is 2.02. The summed E-state index contributed by atoms with van der Waals surface area (Å²) in [5.41, 5.74) is 0.810. The number of nitrogens with zero attached hydrogens (tertiary/aromatic N) is 2. The molecule has 2 rings (SSSR count). The maximum atomic E-state index is 11.5. The number of amides is 1. The van der Waals surface area contributed by atoms with E-state index < -0.39 is 0 Å². The van der Waals surface area contributed by atoms with E-state index in [1.165, 1.54) is 0 Å². The number of unbranched alkanes of at least 4 members (excludes halogenated alkanes) is 1. The van der Waals surface area contributed by atoms with Gasteiger partial charge in [0.15, 0.2) is 0 Å². The first-order chi connectivity index (χ1) is 9.19. The van der Waals surface area contributed by atoms with Crippen molar-refractivity contribution in [1.29, 1.82) is 0 Å². The summed E-state index contributed by atoms with van der Waals surface area (Å²) in [6.45, 7) is 2.03. The van der Waals surface area contributed by atoms with Crippen LogP contribution in [0.5, 0.6) is 0 Å². The number of nitrogens with one attached hydrogen (secondary N) is 1. The molecule has 0 spiro atoms. The van der Waals surface area contributed by atoms with Crippen molar-refractivity contribution in [1.82, 2.24) is 10.2 Å². The van der Waals surface area contributed by atoms with Crippen molar-refractivity contribution in [3.63, 3.8) is 0 Å². The molecule has 0 unspecified atom stereocenters. The van der Waals surface area contributed by atoms with Crippen LogP contribution in [-0.4, -0.2) is 16.1 Å². The summed E-state index contributed by atoms with van der Waals surface area (Å²) in [6, 6.07) is 7.64. The minimum Gasteiger partial charge on any atom is -0.403 e. The molecule has 6 heteroatoms. The van der Waals surface area contributed by atoms with Crippen LogP contribution in [0.15, 0.2) is 33.2 Å². The molecular weight excluding hydrogens is 310 g/mol. The van der Waals surface area contributed by atoms with Gasteiger partial charge in [-0.25, -0.2) is 0 Å². The number of benzene rings is 1. The second kappa shape index (κ2) is 6.47. The largest absolute Gasteiger partial charge is 0.403 e. The zero-order chi connectivity index (χ0) is 13.7. The summed E-state index contributed by atoms with van der Waals surface area (Å²) in [6.07, 6.45) is 2.29. The maximum absolute atomic E-state index is 11.5. The monoisotopic (exact) mass is 323 g/mol. The molecule has 5 nitrogen and oxygen atoms in total. The molecule has 100 valence electrons. The van der Waals surface area contributed by atoms with Crippen molar-refractivity contribution in [2.75, 3.05) is 5.32 Å². The Kier molecular flexibility index (Phi) is 4.68. The van der Waals surface area contributed by atoms with Gasteiger partial charge in [0.2, 0.25) is 11.8 Å². The summed E-state index contributed by atoms with van der Waals surface area (Å²) in [5, 5.41) is 10.3. The normalized spacial score (nSPS) is 10.4. The van der Waals surface area contributed by atoms with E-state index in [-0.39, 0.29) is 11.9 Å². The fourth-order valence-corrected chi connectivity index (χ4v) is 1.77. The van der Waals surface area contributed by atoms with E-state index in [0.717, 1.165) is 22.9 Å². The van der Waals surface area contributed by atoms with E-state index in [1.54, 1.807) is 0 Å². The zero-order valence-corrected chi connectivity index (χ0v) is 12.1. The number of carbonyl (C=O) groups excluding carboxylic acids is 1. The Morgan fingerprint density at radius 3 is 2.74 bits per heavy atom. The third-order valence-corrected chi connectivity index (χ3v) is 3.05. The third kappa shape index (κ3) is 3.89. The minimum absolute atomic E-state index is 0.104. The number of rotatable bonds is 5. The quantitative estimate of drug-likeness (QED) is 0.912. The lowest BCUT2D eigenvalue weighted by molar-refractivity contribution is -0.116. The molecule has 0 aliphatic heterocycles. The highest BCUT2D eigenvalue weighted by Gasteiger charge is 2.10. The zero-order valence-electron chi connectivity index (χ0n) is 10.5. The van der Waals surface area contributed by atoms with E-state index >= 15 is 0 Å². The SMILES string of the molecule is CCCCC(=O)Nc1nnc(-c2ccc(Br)cc2)o1. The fourth-order valence-electron chi connectivity index (χ4n) is 1.50. The highest BCUT2D eigenvalue weighted by atomic mass is 79.9. The predicted molar refractivity (Wildman–Crippen MR) is 75.6 cm³/mol. The summed E-state index contributed by atoms with van der Waals surface area (Å²) in [5.74, 6) is 0.283. The molecule has 19 heavy (non-hydrogen) atoms. The van der Waals surface area contributed by atoms with Gasteiger partial charge in [-0.3, -0.25) is 10.1 Å². The molecule has 0 aliphatic carbocycles. The molecule has 2 aromatic rings. The lowest BCUT2D eigenvalue weighted by atomic mass is 10.2. The van der Waals surface area contributed by atoms with Crippen LogP contribution in [0.3, 0.4) is 0 Å². The Bertz CT molecular complexity index is 551. The molecule has 0 aliphatic rings. The number of halogens is 1. The van der Waals surface area contributed by atoms with E-state index in [0.29, 0.717) is 12.3 Å². The molecule has 0 saturated carbocycles. The second-order valence-electron chi connectivity index (χ2n) is 4.07. The van der Waals surface area contributed by atoms with Gasteiger partial charge in [0, 0.05) is 16.5 Å².